The third-order valence-electron chi connectivity index (χ3n) is 3.34. The van der Waals surface area contributed by atoms with E-state index >= 15 is 0 Å². The van der Waals surface area contributed by atoms with Gasteiger partial charge in [-0.1, -0.05) is 12.1 Å². The van der Waals surface area contributed by atoms with Gasteiger partial charge in [-0.15, -0.1) is 0 Å². The second kappa shape index (κ2) is 5.32. The summed E-state index contributed by atoms with van der Waals surface area (Å²) in [7, 11) is 1.76. The number of piperidine rings is 1. The van der Waals surface area contributed by atoms with Gasteiger partial charge in [0.1, 0.15) is 0 Å². The summed E-state index contributed by atoms with van der Waals surface area (Å²) in [6.45, 7) is 3.50. The second-order valence-corrected chi connectivity index (χ2v) is 4.52. The molecule has 0 amide bonds. The summed E-state index contributed by atoms with van der Waals surface area (Å²) in [6, 6.07) is 7.82. The Morgan fingerprint density at radius 3 is 2.88 bits per heavy atom. The van der Waals surface area contributed by atoms with Crippen molar-refractivity contribution in [3.05, 3.63) is 29.8 Å². The molecule has 1 aromatic carbocycles. The zero-order valence-corrected chi connectivity index (χ0v) is 10.5. The Labute approximate surface area is 102 Å². The molecule has 0 N–H and O–H groups in total. The first-order valence-corrected chi connectivity index (χ1v) is 6.10. The average Bonchev–Trinajstić information content (AvgIpc) is 2.39. The number of hydrogen-bond donors (Lipinski definition) is 0. The van der Waals surface area contributed by atoms with E-state index in [1.54, 1.807) is 14.0 Å². The number of anilines is 1. The Kier molecular flexibility index (Phi) is 3.79. The van der Waals surface area contributed by atoms with Crippen molar-refractivity contribution in [2.75, 3.05) is 25.1 Å². The summed E-state index contributed by atoms with van der Waals surface area (Å²) in [6.07, 6.45) is 2.50. The largest absolute Gasteiger partial charge is 0.380 e. The highest BCUT2D eigenvalue weighted by molar-refractivity contribution is 5.99. The first kappa shape index (κ1) is 12.1. The lowest BCUT2D eigenvalue weighted by Crippen LogP contribution is -2.39. The minimum atomic E-state index is 0.125. The lowest BCUT2D eigenvalue weighted by atomic mass is 10.0. The Morgan fingerprint density at radius 1 is 1.41 bits per heavy atom. The maximum absolute atomic E-state index is 11.6. The highest BCUT2D eigenvalue weighted by atomic mass is 16.5. The van der Waals surface area contributed by atoms with E-state index < -0.39 is 0 Å². The smallest absolute Gasteiger partial charge is 0.161 e. The van der Waals surface area contributed by atoms with Gasteiger partial charge in [-0.25, -0.2) is 0 Å². The minimum Gasteiger partial charge on any atom is -0.380 e. The summed E-state index contributed by atoms with van der Waals surface area (Å²) < 4.78 is 5.42. The molecule has 1 unspecified atom stereocenters. The third kappa shape index (κ3) is 2.67. The number of ketones is 1. The molecule has 1 fully saturated rings. The quantitative estimate of drug-likeness (QED) is 0.751. The van der Waals surface area contributed by atoms with E-state index in [0.717, 1.165) is 37.2 Å². The monoisotopic (exact) mass is 233 g/mol. The van der Waals surface area contributed by atoms with Crippen molar-refractivity contribution in [2.24, 2.45) is 0 Å². The zero-order valence-electron chi connectivity index (χ0n) is 10.5. The molecule has 92 valence electrons. The predicted molar refractivity (Wildman–Crippen MR) is 68.7 cm³/mol. The fourth-order valence-corrected chi connectivity index (χ4v) is 2.40. The second-order valence-electron chi connectivity index (χ2n) is 4.52. The van der Waals surface area contributed by atoms with Crippen LogP contribution < -0.4 is 4.90 Å². The molecule has 0 aromatic heterocycles. The fraction of sp³-hybridized carbons (Fsp3) is 0.500. The maximum Gasteiger partial charge on any atom is 0.161 e. The number of rotatable bonds is 3. The van der Waals surface area contributed by atoms with Crippen molar-refractivity contribution >= 4 is 11.5 Å². The highest BCUT2D eigenvalue weighted by Gasteiger charge is 2.21. The number of Topliss-reactive ketones (excluding diaryl/α,β-unsaturated/α-hetero) is 1. The van der Waals surface area contributed by atoms with E-state index in [4.69, 9.17) is 4.74 Å². The van der Waals surface area contributed by atoms with Crippen molar-refractivity contribution in [3.63, 3.8) is 0 Å². The number of ether oxygens (including phenoxy) is 1. The predicted octanol–water partition coefficient (Wildman–Crippen LogP) is 2.50. The Hall–Kier alpha value is -1.35. The van der Waals surface area contributed by atoms with Crippen molar-refractivity contribution in [1.82, 2.24) is 0 Å². The van der Waals surface area contributed by atoms with Gasteiger partial charge in [-0.05, 0) is 31.9 Å². The molecule has 0 radical (unpaired) electrons. The van der Waals surface area contributed by atoms with Crippen LogP contribution in [0.25, 0.3) is 0 Å². The summed E-state index contributed by atoms with van der Waals surface area (Å²) >= 11 is 0. The van der Waals surface area contributed by atoms with Crippen LogP contribution in [0, 0.1) is 0 Å². The molecule has 17 heavy (non-hydrogen) atoms. The maximum atomic E-state index is 11.6. The molecule has 1 heterocycles. The summed E-state index contributed by atoms with van der Waals surface area (Å²) in [5, 5.41) is 0. The van der Waals surface area contributed by atoms with E-state index in [1.807, 2.05) is 24.3 Å². The van der Waals surface area contributed by atoms with Crippen molar-refractivity contribution in [3.8, 4) is 0 Å². The van der Waals surface area contributed by atoms with Crippen LogP contribution >= 0.6 is 0 Å². The third-order valence-corrected chi connectivity index (χ3v) is 3.34. The molecule has 1 atom stereocenters. The minimum absolute atomic E-state index is 0.125. The topological polar surface area (TPSA) is 29.5 Å². The molecule has 0 aliphatic carbocycles. The normalized spacial score (nSPS) is 20.4. The van der Waals surface area contributed by atoms with Gasteiger partial charge in [0.25, 0.3) is 0 Å². The summed E-state index contributed by atoms with van der Waals surface area (Å²) in [4.78, 5) is 13.9. The van der Waals surface area contributed by atoms with E-state index in [-0.39, 0.29) is 11.9 Å². The number of methoxy groups -OCH3 is 1. The van der Waals surface area contributed by atoms with Gasteiger partial charge in [0.05, 0.1) is 6.10 Å². The van der Waals surface area contributed by atoms with E-state index in [2.05, 4.69) is 4.90 Å². The molecule has 2 rings (SSSR count). The Balaban J connectivity index is 2.24. The number of benzene rings is 1. The van der Waals surface area contributed by atoms with E-state index in [1.165, 1.54) is 0 Å². The van der Waals surface area contributed by atoms with Gasteiger partial charge < -0.3 is 9.64 Å². The molecule has 1 saturated heterocycles. The van der Waals surface area contributed by atoms with Crippen LogP contribution in [0.4, 0.5) is 5.69 Å². The first-order chi connectivity index (χ1) is 8.22. The van der Waals surface area contributed by atoms with Gasteiger partial charge in [0.2, 0.25) is 0 Å². The molecule has 3 nitrogen and oxygen atoms in total. The van der Waals surface area contributed by atoms with Crippen LogP contribution in [0.3, 0.4) is 0 Å². The van der Waals surface area contributed by atoms with Crippen LogP contribution in [0.1, 0.15) is 30.1 Å². The van der Waals surface area contributed by atoms with E-state index in [0.29, 0.717) is 0 Å². The standard InChI is InChI=1S/C14H19NO2/c1-11(16)13-7-3-4-8-14(13)15-9-5-6-12(10-15)17-2/h3-4,7-8,12H,5-6,9-10H2,1-2H3. The van der Waals surface area contributed by atoms with Gasteiger partial charge in [0, 0.05) is 31.5 Å². The number of carbonyl (C=O) groups is 1. The molecule has 3 heteroatoms. The van der Waals surface area contributed by atoms with Gasteiger partial charge in [0.15, 0.2) is 5.78 Å². The van der Waals surface area contributed by atoms with Crippen LogP contribution in [0.2, 0.25) is 0 Å². The SMILES string of the molecule is COC1CCCN(c2ccccc2C(C)=O)C1. The molecule has 1 aromatic rings. The van der Waals surface area contributed by atoms with Crippen molar-refractivity contribution in [2.45, 2.75) is 25.9 Å². The molecular weight excluding hydrogens is 214 g/mol. The van der Waals surface area contributed by atoms with Gasteiger partial charge in [-0.2, -0.15) is 0 Å². The summed E-state index contributed by atoms with van der Waals surface area (Å²) in [5.41, 5.74) is 1.85. The first-order valence-electron chi connectivity index (χ1n) is 6.10. The Morgan fingerprint density at radius 2 is 2.18 bits per heavy atom. The fourth-order valence-electron chi connectivity index (χ4n) is 2.40. The zero-order chi connectivity index (χ0) is 12.3. The lowest BCUT2D eigenvalue weighted by Gasteiger charge is -2.34. The van der Waals surface area contributed by atoms with Gasteiger partial charge >= 0.3 is 0 Å². The number of para-hydroxylation sites is 1. The lowest BCUT2D eigenvalue weighted by molar-refractivity contribution is 0.0890. The van der Waals surface area contributed by atoms with Crippen LogP contribution in [-0.2, 0) is 4.74 Å². The Bertz CT molecular complexity index is 403. The molecule has 1 aliphatic rings. The number of hydrogen-bond acceptors (Lipinski definition) is 3. The van der Waals surface area contributed by atoms with Crippen LogP contribution in [0.5, 0.6) is 0 Å². The van der Waals surface area contributed by atoms with Crippen LogP contribution in [-0.4, -0.2) is 32.1 Å². The molecule has 0 bridgehead atoms. The molecule has 1 aliphatic heterocycles. The number of nitrogens with zero attached hydrogens (tertiary/aromatic N) is 1. The van der Waals surface area contributed by atoms with Crippen molar-refractivity contribution in [1.29, 1.82) is 0 Å². The molecule has 0 saturated carbocycles. The summed E-state index contributed by atoms with van der Waals surface area (Å²) in [5.74, 6) is 0.125. The number of carbonyl (C=O) groups excluding carboxylic acids is 1. The highest BCUT2D eigenvalue weighted by Crippen LogP contribution is 2.25. The van der Waals surface area contributed by atoms with Crippen LogP contribution in [0.15, 0.2) is 24.3 Å². The molecule has 0 spiro atoms. The molecular formula is C14H19NO2. The average molecular weight is 233 g/mol. The van der Waals surface area contributed by atoms with Crippen molar-refractivity contribution < 1.29 is 9.53 Å². The van der Waals surface area contributed by atoms with Gasteiger partial charge in [-0.3, -0.25) is 4.79 Å². The van der Waals surface area contributed by atoms with E-state index in [9.17, 15) is 4.79 Å².